The van der Waals surface area contributed by atoms with E-state index in [4.69, 9.17) is 17.3 Å². The normalized spacial score (nSPS) is 12.6. The smallest absolute Gasteiger partial charge is 0.407 e. The summed E-state index contributed by atoms with van der Waals surface area (Å²) in [6.45, 7) is 6.35. The molecule has 3 amide bonds. The molecular formula is C29H41ClN6O5. The second-order valence-corrected chi connectivity index (χ2v) is 10.8. The van der Waals surface area contributed by atoms with Gasteiger partial charge < -0.3 is 31.3 Å². The van der Waals surface area contributed by atoms with Gasteiger partial charge in [-0.15, -0.1) is 0 Å². The molecule has 11 nitrogen and oxygen atoms in total. The van der Waals surface area contributed by atoms with Crippen molar-refractivity contribution in [1.29, 1.82) is 0 Å². The molecule has 0 fully saturated rings. The molecule has 2 rings (SSSR count). The van der Waals surface area contributed by atoms with Crippen LogP contribution in [0.15, 0.2) is 47.3 Å². The number of nitrogens with two attached hydrogens (primary N) is 1. The average molecular weight is 589 g/mol. The molecule has 1 aromatic carbocycles. The largest absolute Gasteiger partial charge is 0.453 e. The number of nitrogen functional groups attached to an aromatic ring is 1. The van der Waals surface area contributed by atoms with Gasteiger partial charge >= 0.3 is 6.09 Å². The minimum Gasteiger partial charge on any atom is -0.453 e. The van der Waals surface area contributed by atoms with Crippen LogP contribution in [0.4, 0.5) is 21.9 Å². The maximum atomic E-state index is 13.3. The molecule has 0 aliphatic heterocycles. The molecule has 0 radical (unpaired) electrons. The maximum Gasteiger partial charge on any atom is 0.407 e. The molecule has 0 saturated carbocycles. The monoisotopic (exact) mass is 588 g/mol. The van der Waals surface area contributed by atoms with E-state index in [2.05, 4.69) is 34.5 Å². The molecule has 1 aromatic heterocycles. The maximum absolute atomic E-state index is 13.3. The van der Waals surface area contributed by atoms with Gasteiger partial charge in [-0.25, -0.2) is 4.79 Å². The summed E-state index contributed by atoms with van der Waals surface area (Å²) in [5.41, 5.74) is 8.36. The minimum absolute atomic E-state index is 0.0000353. The van der Waals surface area contributed by atoms with Gasteiger partial charge in [0.05, 0.1) is 18.5 Å². The predicted molar refractivity (Wildman–Crippen MR) is 163 cm³/mol. The molecule has 224 valence electrons. The third-order valence-corrected chi connectivity index (χ3v) is 6.51. The summed E-state index contributed by atoms with van der Waals surface area (Å²) < 4.78 is 5.98. The molecular weight excluding hydrogens is 548 g/mol. The number of nitrogens with zero attached hydrogens (tertiary/aromatic N) is 2. The van der Waals surface area contributed by atoms with Gasteiger partial charge in [-0.05, 0) is 61.9 Å². The van der Waals surface area contributed by atoms with Gasteiger partial charge in [0.2, 0.25) is 11.8 Å². The molecule has 1 heterocycles. The number of alkyl carbamates (subject to hydrolysis) is 1. The number of amides is 3. The fourth-order valence-electron chi connectivity index (χ4n) is 4.05. The van der Waals surface area contributed by atoms with Crippen LogP contribution in [0.3, 0.4) is 0 Å². The summed E-state index contributed by atoms with van der Waals surface area (Å²) >= 11 is 6.37. The van der Waals surface area contributed by atoms with Crippen molar-refractivity contribution in [2.75, 3.05) is 37.6 Å². The highest BCUT2D eigenvalue weighted by atomic mass is 35.5. The molecule has 0 bridgehead atoms. The highest BCUT2D eigenvalue weighted by Gasteiger charge is 2.22. The van der Waals surface area contributed by atoms with E-state index >= 15 is 0 Å². The summed E-state index contributed by atoms with van der Waals surface area (Å²) in [5.74, 6) is -0.371. The van der Waals surface area contributed by atoms with Crippen LogP contribution in [0.2, 0.25) is 5.15 Å². The van der Waals surface area contributed by atoms with Crippen molar-refractivity contribution in [1.82, 2.24) is 14.8 Å². The first-order chi connectivity index (χ1) is 19.3. The van der Waals surface area contributed by atoms with Crippen LogP contribution < -0.4 is 27.2 Å². The number of carbonyl (C=O) groups is 3. The summed E-state index contributed by atoms with van der Waals surface area (Å²) in [6.07, 6.45) is 3.52. The van der Waals surface area contributed by atoms with Gasteiger partial charge in [0.25, 0.3) is 5.56 Å². The van der Waals surface area contributed by atoms with Gasteiger partial charge in [0.1, 0.15) is 16.9 Å². The minimum atomic E-state index is -1.02. The van der Waals surface area contributed by atoms with E-state index in [1.165, 1.54) is 34.8 Å². The number of hydrogen-bond acceptors (Lipinski definition) is 7. The molecule has 0 spiro atoms. The fourth-order valence-corrected chi connectivity index (χ4v) is 4.26. The zero-order valence-corrected chi connectivity index (χ0v) is 25.2. The van der Waals surface area contributed by atoms with E-state index in [9.17, 15) is 19.2 Å². The number of hydrogen-bond donors (Lipinski definition) is 4. The summed E-state index contributed by atoms with van der Waals surface area (Å²) in [7, 11) is 4.43. The lowest BCUT2D eigenvalue weighted by Gasteiger charge is -2.21. The Kier molecular flexibility index (Phi) is 12.7. The second kappa shape index (κ2) is 15.7. The van der Waals surface area contributed by atoms with Crippen LogP contribution in [0.1, 0.15) is 39.2 Å². The number of allylic oxidation sites excluding steroid dienone is 1. The van der Waals surface area contributed by atoms with Crippen LogP contribution >= 0.6 is 11.6 Å². The molecule has 5 N–H and O–H groups in total. The molecule has 12 heteroatoms. The number of rotatable bonds is 13. The average Bonchev–Trinajstić information content (AvgIpc) is 2.91. The van der Waals surface area contributed by atoms with Crippen molar-refractivity contribution in [3.63, 3.8) is 0 Å². The van der Waals surface area contributed by atoms with Crippen molar-refractivity contribution >= 4 is 46.6 Å². The Bertz CT molecular complexity index is 1310. The topological polar surface area (TPSA) is 148 Å². The SMILES string of the molecule is COC(=O)N[C@@H](CC/C=C/C(=O)N(C)C)C(=O)Nc1ccc(Cl)n(CC(C)Nc2cccc(CC(C)C)c2N)c1=O. The van der Waals surface area contributed by atoms with Crippen LogP contribution in [-0.4, -0.2) is 60.7 Å². The van der Waals surface area contributed by atoms with E-state index < -0.39 is 23.6 Å². The van der Waals surface area contributed by atoms with Crippen molar-refractivity contribution < 1.29 is 19.1 Å². The third kappa shape index (κ3) is 10.2. The summed E-state index contributed by atoms with van der Waals surface area (Å²) in [5, 5.41) is 8.61. The van der Waals surface area contributed by atoms with E-state index in [0.717, 1.165) is 17.7 Å². The molecule has 0 aliphatic carbocycles. The number of ether oxygens (including phenoxy) is 1. The first-order valence-electron chi connectivity index (χ1n) is 13.4. The Morgan fingerprint density at radius 2 is 1.83 bits per heavy atom. The summed E-state index contributed by atoms with van der Waals surface area (Å²) in [4.78, 5) is 51.4. The van der Waals surface area contributed by atoms with Gasteiger partial charge in [-0.1, -0.05) is 43.7 Å². The lowest BCUT2D eigenvalue weighted by Crippen LogP contribution is -2.44. The molecule has 2 atom stereocenters. The Hall–Kier alpha value is -3.99. The third-order valence-electron chi connectivity index (χ3n) is 6.18. The van der Waals surface area contributed by atoms with E-state index in [-0.39, 0.29) is 35.8 Å². The van der Waals surface area contributed by atoms with Gasteiger partial charge in [-0.3, -0.25) is 19.0 Å². The van der Waals surface area contributed by atoms with Crippen LogP contribution in [0.5, 0.6) is 0 Å². The number of nitrogens with one attached hydrogen (secondary N) is 3. The van der Waals surface area contributed by atoms with Crippen LogP contribution in [0, 0.1) is 5.92 Å². The van der Waals surface area contributed by atoms with Crippen LogP contribution in [0.25, 0.3) is 0 Å². The Morgan fingerprint density at radius 1 is 1.12 bits per heavy atom. The fraction of sp³-hybridized carbons (Fsp3) is 0.448. The van der Waals surface area contributed by atoms with Gasteiger partial charge in [-0.2, -0.15) is 0 Å². The number of aromatic nitrogens is 1. The van der Waals surface area contributed by atoms with Gasteiger partial charge in [0, 0.05) is 26.7 Å². The van der Waals surface area contributed by atoms with Gasteiger partial charge in [0.15, 0.2) is 0 Å². The van der Waals surface area contributed by atoms with Crippen LogP contribution in [-0.2, 0) is 27.3 Å². The highest BCUT2D eigenvalue weighted by molar-refractivity contribution is 6.29. The number of anilines is 3. The molecule has 1 unspecified atom stereocenters. The summed E-state index contributed by atoms with van der Waals surface area (Å²) in [6, 6.07) is 7.49. The molecule has 41 heavy (non-hydrogen) atoms. The lowest BCUT2D eigenvalue weighted by atomic mass is 10.0. The number of carbonyl (C=O) groups excluding carboxylic acids is 3. The Morgan fingerprint density at radius 3 is 2.46 bits per heavy atom. The predicted octanol–water partition coefficient (Wildman–Crippen LogP) is 3.87. The van der Waals surface area contributed by atoms with Crippen molar-refractivity contribution in [2.24, 2.45) is 5.92 Å². The van der Waals surface area contributed by atoms with Crippen molar-refractivity contribution in [3.8, 4) is 0 Å². The number of methoxy groups -OCH3 is 1. The molecule has 2 aromatic rings. The van der Waals surface area contributed by atoms with E-state index in [1.54, 1.807) is 20.2 Å². The first-order valence-corrected chi connectivity index (χ1v) is 13.8. The van der Waals surface area contributed by atoms with Crippen molar-refractivity contribution in [2.45, 2.75) is 58.7 Å². The van der Waals surface area contributed by atoms with Crippen molar-refractivity contribution in [3.05, 3.63) is 63.6 Å². The molecule has 0 aliphatic rings. The standard InChI is InChI=1S/C29H41ClN6O5/c1-18(2)16-20-10-9-12-21(26(20)31)32-19(3)17-36-24(30)15-14-23(28(36)39)33-27(38)22(34-29(40)41-6)11-7-8-13-25(37)35(4)5/h8-10,12-15,18-19,22,32H,7,11,16-17,31H2,1-6H3,(H,33,38)(H,34,40)/b13-8+/t19?,22-/m0/s1. The number of pyridine rings is 1. The van der Waals surface area contributed by atoms with E-state index in [0.29, 0.717) is 18.0 Å². The Labute approximate surface area is 246 Å². The molecule has 0 saturated heterocycles. The first kappa shape index (κ1) is 33.2. The zero-order valence-electron chi connectivity index (χ0n) is 24.5. The number of benzene rings is 1. The number of para-hydroxylation sites is 1. The lowest BCUT2D eigenvalue weighted by molar-refractivity contribution is -0.123. The number of likely N-dealkylation sites (N-methyl/N-ethyl adjacent to an activating group) is 1. The van der Waals surface area contributed by atoms with E-state index in [1.807, 2.05) is 25.1 Å². The highest BCUT2D eigenvalue weighted by Crippen LogP contribution is 2.26. The number of halogens is 1. The second-order valence-electron chi connectivity index (χ2n) is 10.4. The Balaban J connectivity index is 2.18. The zero-order chi connectivity index (χ0) is 30.7. The quantitative estimate of drug-likeness (QED) is 0.158.